The van der Waals surface area contributed by atoms with Gasteiger partial charge in [0.15, 0.2) is 0 Å². The number of carboxylic acid groups (broad SMARTS) is 2. The number of carboxylic acids is 2. The molecule has 0 bridgehead atoms. The van der Waals surface area contributed by atoms with E-state index in [0.29, 0.717) is 12.8 Å². The van der Waals surface area contributed by atoms with E-state index in [4.69, 9.17) is 10.2 Å². The molecule has 2 N–H and O–H groups in total. The van der Waals surface area contributed by atoms with Crippen molar-refractivity contribution < 1.29 is 19.8 Å². The Kier molecular flexibility index (Phi) is 26.1. The van der Waals surface area contributed by atoms with E-state index in [9.17, 15) is 9.59 Å². The summed E-state index contributed by atoms with van der Waals surface area (Å²) < 4.78 is 0. The fourth-order valence-corrected chi connectivity index (χ4v) is 1.68. The molecule has 0 saturated heterocycles. The van der Waals surface area contributed by atoms with E-state index in [-0.39, 0.29) is 0 Å². The van der Waals surface area contributed by atoms with Gasteiger partial charge < -0.3 is 10.2 Å². The fraction of sp³-hybridized carbons (Fsp3) is 0.889. The molecule has 0 radical (unpaired) electrons. The monoisotopic (exact) mass is 318 g/mol. The zero-order valence-corrected chi connectivity index (χ0v) is 15.4. The second-order valence-corrected chi connectivity index (χ2v) is 5.68. The summed E-state index contributed by atoms with van der Waals surface area (Å²) in [5, 5.41) is 15.8. The van der Waals surface area contributed by atoms with Gasteiger partial charge in [0.05, 0.1) is 0 Å². The molecule has 0 rings (SSSR count). The highest BCUT2D eigenvalue weighted by atomic mass is 16.4. The highest BCUT2D eigenvalue weighted by molar-refractivity contribution is 5.66. The molecule has 0 atom stereocenters. The van der Waals surface area contributed by atoms with Crippen LogP contribution in [0.2, 0.25) is 0 Å². The summed E-state index contributed by atoms with van der Waals surface area (Å²) in [6, 6.07) is 0. The minimum atomic E-state index is -0.711. The molecule has 0 aliphatic carbocycles. The molecule has 0 aromatic heterocycles. The summed E-state index contributed by atoms with van der Waals surface area (Å²) in [7, 11) is 0. The molecule has 0 aromatic rings. The lowest BCUT2D eigenvalue weighted by Gasteiger charge is -2.08. The molecular formula is C18H38O4. The van der Waals surface area contributed by atoms with Gasteiger partial charge in [0.25, 0.3) is 0 Å². The minimum Gasteiger partial charge on any atom is -0.481 e. The molecule has 0 saturated carbocycles. The minimum absolute atomic E-state index is 0.292. The molecule has 22 heavy (non-hydrogen) atoms. The van der Waals surface area contributed by atoms with Crippen molar-refractivity contribution in [3.8, 4) is 0 Å². The fourth-order valence-electron chi connectivity index (χ4n) is 1.68. The van der Waals surface area contributed by atoms with Gasteiger partial charge in [-0.2, -0.15) is 0 Å². The van der Waals surface area contributed by atoms with Crippen LogP contribution in [0.4, 0.5) is 0 Å². The molecule has 0 heterocycles. The highest BCUT2D eigenvalue weighted by Gasteiger charge is 1.98. The Morgan fingerprint density at radius 3 is 1.18 bits per heavy atom. The predicted octanol–water partition coefficient (Wildman–Crippen LogP) is 5.75. The summed E-state index contributed by atoms with van der Waals surface area (Å²) in [4.78, 5) is 19.2. The van der Waals surface area contributed by atoms with Crippen molar-refractivity contribution >= 4 is 11.9 Å². The maximum Gasteiger partial charge on any atom is 0.303 e. The van der Waals surface area contributed by atoms with Gasteiger partial charge in [-0.05, 0) is 18.8 Å². The van der Waals surface area contributed by atoms with E-state index in [1.54, 1.807) is 0 Å². The number of hydrogen-bond acceptors (Lipinski definition) is 2. The van der Waals surface area contributed by atoms with Crippen LogP contribution in [0, 0.1) is 5.92 Å². The van der Waals surface area contributed by atoms with Crippen molar-refractivity contribution in [3.05, 3.63) is 0 Å². The average molecular weight is 318 g/mol. The molecule has 0 spiro atoms. The Labute approximate surface area is 137 Å². The smallest absolute Gasteiger partial charge is 0.303 e. The first kappa shape index (κ1) is 25.9. The van der Waals surface area contributed by atoms with E-state index < -0.39 is 11.9 Å². The first-order valence-corrected chi connectivity index (χ1v) is 8.78. The van der Waals surface area contributed by atoms with Crippen LogP contribution >= 0.6 is 0 Å². The predicted molar refractivity (Wildman–Crippen MR) is 93.3 cm³/mol. The molecule has 0 unspecified atom stereocenters. The van der Waals surface area contributed by atoms with E-state index in [2.05, 4.69) is 20.8 Å². The van der Waals surface area contributed by atoms with Gasteiger partial charge in [-0.1, -0.05) is 73.1 Å². The van der Waals surface area contributed by atoms with Crippen LogP contribution in [0.15, 0.2) is 0 Å². The lowest BCUT2D eigenvalue weighted by atomic mass is 9.98. The van der Waals surface area contributed by atoms with Gasteiger partial charge >= 0.3 is 11.9 Å². The van der Waals surface area contributed by atoms with Gasteiger partial charge in [0.1, 0.15) is 0 Å². The third-order valence-electron chi connectivity index (χ3n) is 3.03. The number of rotatable bonds is 10. The lowest BCUT2D eigenvalue weighted by Crippen LogP contribution is -1.93. The Bertz CT molecular complexity index is 215. The standard InChI is InChI=1S/C10H22.2C4H8O2/c1-4-6-8-10(3)9-7-5-2;2*1-2-3-4(5)6/h10H,4-9H2,1-3H3;2*2-3H2,1H3,(H,5,6). The van der Waals surface area contributed by atoms with Gasteiger partial charge in [-0.25, -0.2) is 0 Å². The SMILES string of the molecule is CCCC(=O)O.CCCC(=O)O.CCCCC(C)CCCC. The number of hydrogen-bond donors (Lipinski definition) is 2. The first-order chi connectivity index (χ1) is 10.3. The van der Waals surface area contributed by atoms with E-state index >= 15 is 0 Å². The second kappa shape index (κ2) is 22.2. The van der Waals surface area contributed by atoms with E-state index in [0.717, 1.165) is 18.8 Å². The molecular weight excluding hydrogens is 280 g/mol. The Balaban J connectivity index is -0.000000261. The summed E-state index contributed by atoms with van der Waals surface area (Å²) in [5.41, 5.74) is 0. The molecule has 0 amide bonds. The zero-order chi connectivity index (χ0) is 17.8. The Hall–Kier alpha value is -1.06. The van der Waals surface area contributed by atoms with Crippen molar-refractivity contribution in [2.24, 2.45) is 5.92 Å². The summed E-state index contributed by atoms with van der Waals surface area (Å²) in [6.45, 7) is 10.6. The van der Waals surface area contributed by atoms with E-state index in [1.165, 1.54) is 38.5 Å². The van der Waals surface area contributed by atoms with Crippen molar-refractivity contribution in [2.45, 2.75) is 98.8 Å². The molecule has 0 aliphatic rings. The van der Waals surface area contributed by atoms with Crippen LogP contribution in [0.1, 0.15) is 98.8 Å². The second-order valence-electron chi connectivity index (χ2n) is 5.68. The third-order valence-corrected chi connectivity index (χ3v) is 3.03. The van der Waals surface area contributed by atoms with Crippen LogP contribution < -0.4 is 0 Å². The first-order valence-electron chi connectivity index (χ1n) is 8.78. The lowest BCUT2D eigenvalue weighted by molar-refractivity contribution is -0.138. The van der Waals surface area contributed by atoms with Gasteiger partial charge in [0.2, 0.25) is 0 Å². The summed E-state index contributed by atoms with van der Waals surface area (Å²) >= 11 is 0. The van der Waals surface area contributed by atoms with Crippen LogP contribution in [-0.2, 0) is 9.59 Å². The number of aliphatic carboxylic acids is 2. The normalized spacial score (nSPS) is 9.36. The quantitative estimate of drug-likeness (QED) is 0.538. The Morgan fingerprint density at radius 1 is 0.727 bits per heavy atom. The van der Waals surface area contributed by atoms with Crippen molar-refractivity contribution in [1.29, 1.82) is 0 Å². The van der Waals surface area contributed by atoms with Crippen LogP contribution in [0.3, 0.4) is 0 Å². The van der Waals surface area contributed by atoms with Crippen molar-refractivity contribution in [2.75, 3.05) is 0 Å². The molecule has 4 nitrogen and oxygen atoms in total. The van der Waals surface area contributed by atoms with Crippen molar-refractivity contribution in [3.63, 3.8) is 0 Å². The zero-order valence-electron chi connectivity index (χ0n) is 15.4. The number of carbonyl (C=O) groups is 2. The molecule has 4 heteroatoms. The summed E-state index contributed by atoms with van der Waals surface area (Å²) in [6.07, 6.45) is 10.5. The molecule has 0 fully saturated rings. The highest BCUT2D eigenvalue weighted by Crippen LogP contribution is 2.14. The maximum atomic E-state index is 9.60. The molecule has 0 aliphatic heterocycles. The number of unbranched alkanes of at least 4 members (excludes halogenated alkanes) is 2. The van der Waals surface area contributed by atoms with Gasteiger partial charge in [-0.3, -0.25) is 9.59 Å². The van der Waals surface area contributed by atoms with Gasteiger partial charge in [-0.15, -0.1) is 0 Å². The van der Waals surface area contributed by atoms with E-state index in [1.807, 2.05) is 13.8 Å². The van der Waals surface area contributed by atoms with Crippen LogP contribution in [0.25, 0.3) is 0 Å². The largest absolute Gasteiger partial charge is 0.481 e. The third kappa shape index (κ3) is 36.4. The van der Waals surface area contributed by atoms with Crippen LogP contribution in [-0.4, -0.2) is 22.2 Å². The molecule has 0 aromatic carbocycles. The summed E-state index contributed by atoms with van der Waals surface area (Å²) in [5.74, 6) is -0.449. The molecule has 134 valence electrons. The van der Waals surface area contributed by atoms with Crippen LogP contribution in [0.5, 0.6) is 0 Å². The average Bonchev–Trinajstić information content (AvgIpc) is 2.44. The van der Waals surface area contributed by atoms with Crippen molar-refractivity contribution in [1.82, 2.24) is 0 Å². The van der Waals surface area contributed by atoms with Gasteiger partial charge in [0, 0.05) is 12.8 Å². The topological polar surface area (TPSA) is 74.6 Å². The Morgan fingerprint density at radius 2 is 1.05 bits per heavy atom. The maximum absolute atomic E-state index is 9.60.